The molecule has 0 spiro atoms. The van der Waals surface area contributed by atoms with Crippen molar-refractivity contribution in [3.8, 4) is 0 Å². The third-order valence-electron chi connectivity index (χ3n) is 12.4. The highest BCUT2D eigenvalue weighted by molar-refractivity contribution is 6.37. The Labute approximate surface area is 342 Å². The van der Waals surface area contributed by atoms with Crippen LogP contribution in [0.15, 0.2) is 24.3 Å². The molecule has 4 aliphatic rings. The molecule has 58 heavy (non-hydrogen) atoms. The molecule has 1 aromatic rings. The molecule has 0 aromatic heterocycles. The Kier molecular flexibility index (Phi) is 13.5. The van der Waals surface area contributed by atoms with E-state index in [1.807, 2.05) is 45.0 Å². The molecule has 5 rings (SSSR count). The average molecular weight is 808 g/mol. The number of fused-ring (bicyclic) bond motifs is 1. The lowest BCUT2D eigenvalue weighted by Crippen LogP contribution is -2.62. The van der Waals surface area contributed by atoms with Gasteiger partial charge in [0, 0.05) is 39.0 Å². The first kappa shape index (κ1) is 44.4. The Morgan fingerprint density at radius 3 is 2.19 bits per heavy atom. The van der Waals surface area contributed by atoms with Crippen molar-refractivity contribution in [1.29, 1.82) is 0 Å². The minimum atomic E-state index is -1.19. The van der Waals surface area contributed by atoms with Crippen LogP contribution in [0.5, 0.6) is 0 Å². The van der Waals surface area contributed by atoms with Crippen molar-refractivity contribution >= 4 is 41.5 Å². The van der Waals surface area contributed by atoms with E-state index in [2.05, 4.69) is 29.8 Å². The Bertz CT molecular complexity index is 1750. The zero-order valence-electron chi connectivity index (χ0n) is 35.7. The molecule has 2 saturated heterocycles. The van der Waals surface area contributed by atoms with E-state index >= 15 is 0 Å². The number of amides is 7. The van der Waals surface area contributed by atoms with Crippen LogP contribution in [0.1, 0.15) is 111 Å². The monoisotopic (exact) mass is 807 g/mol. The summed E-state index contributed by atoms with van der Waals surface area (Å²) in [5.74, 6) is -3.17. The van der Waals surface area contributed by atoms with Crippen LogP contribution in [-0.2, 0) is 41.7 Å². The molecule has 0 radical (unpaired) electrons. The first-order valence-electron chi connectivity index (χ1n) is 20.8. The second kappa shape index (κ2) is 17.7. The van der Waals surface area contributed by atoms with Gasteiger partial charge in [-0.1, -0.05) is 98.9 Å². The summed E-state index contributed by atoms with van der Waals surface area (Å²) in [6.07, 6.45) is 3.33. The topological polar surface area (TPSA) is 201 Å². The number of Topliss-reactive ketones (excluding diaryl/α,β-unsaturated/α-hetero) is 1. The number of primary amides is 1. The maximum absolute atomic E-state index is 14.7. The summed E-state index contributed by atoms with van der Waals surface area (Å²) in [7, 11) is 0. The van der Waals surface area contributed by atoms with Crippen LogP contribution in [-0.4, -0.2) is 113 Å². The van der Waals surface area contributed by atoms with Crippen molar-refractivity contribution in [1.82, 2.24) is 30.7 Å². The van der Waals surface area contributed by atoms with Crippen LogP contribution >= 0.6 is 0 Å². The fourth-order valence-corrected chi connectivity index (χ4v) is 8.24. The number of hydrogen-bond donors (Lipinski definition) is 4. The van der Waals surface area contributed by atoms with Gasteiger partial charge in [-0.25, -0.2) is 9.59 Å². The Balaban J connectivity index is 1.35. The molecule has 15 nitrogen and oxygen atoms in total. The van der Waals surface area contributed by atoms with Gasteiger partial charge in [0.05, 0.1) is 18.6 Å². The lowest BCUT2D eigenvalue weighted by Gasteiger charge is -2.41. The number of carbonyl (C=O) groups is 7. The normalized spacial score (nSPS) is 22.5. The minimum absolute atomic E-state index is 0.0293. The summed E-state index contributed by atoms with van der Waals surface area (Å²) in [5.41, 5.74) is 6.16. The summed E-state index contributed by atoms with van der Waals surface area (Å²) >= 11 is 0. The Morgan fingerprint density at radius 1 is 0.931 bits per heavy atom. The number of likely N-dealkylation sites (tertiary alicyclic amines) is 2. The number of carbonyl (C=O) groups excluding carboxylic acids is 7. The smallest absolute Gasteiger partial charge is 0.410 e. The molecular weight excluding hydrogens is 743 g/mol. The molecule has 3 aliphatic heterocycles. The predicted molar refractivity (Wildman–Crippen MR) is 217 cm³/mol. The highest BCUT2D eigenvalue weighted by Crippen LogP contribution is 2.34. The second-order valence-electron chi connectivity index (χ2n) is 19.8. The molecule has 1 aromatic carbocycles. The van der Waals surface area contributed by atoms with E-state index in [9.17, 15) is 33.6 Å². The lowest BCUT2D eigenvalue weighted by atomic mass is 9.80. The summed E-state index contributed by atoms with van der Waals surface area (Å²) in [6, 6.07) is 3.29. The third-order valence-corrected chi connectivity index (χ3v) is 12.4. The number of hydrogen-bond acceptors (Lipinski definition) is 8. The maximum Gasteiger partial charge on any atom is 0.410 e. The Hall–Kier alpha value is -4.69. The molecule has 1 aliphatic carbocycles. The molecular formula is C43H65N7O8. The number of piperidine rings is 1. The number of ketones is 1. The molecule has 1 saturated carbocycles. The van der Waals surface area contributed by atoms with Crippen LogP contribution in [0.3, 0.4) is 0 Å². The van der Waals surface area contributed by atoms with E-state index < -0.39 is 76.7 Å². The van der Waals surface area contributed by atoms with Gasteiger partial charge < -0.3 is 41.1 Å². The highest BCUT2D eigenvalue weighted by Gasteiger charge is 2.48. The van der Waals surface area contributed by atoms with E-state index in [1.165, 1.54) is 4.90 Å². The fraction of sp³-hybridized carbons (Fsp3) is 0.698. The third kappa shape index (κ3) is 11.1. The van der Waals surface area contributed by atoms with Crippen LogP contribution in [0.2, 0.25) is 0 Å². The van der Waals surface area contributed by atoms with Gasteiger partial charge in [0.15, 0.2) is 0 Å². The number of benzene rings is 1. The first-order chi connectivity index (χ1) is 27.0. The molecule has 5 N–H and O–H groups in total. The minimum Gasteiger partial charge on any atom is -0.444 e. The molecule has 7 amide bonds. The van der Waals surface area contributed by atoms with Crippen LogP contribution in [0.4, 0.5) is 9.59 Å². The quantitative estimate of drug-likeness (QED) is 0.229. The van der Waals surface area contributed by atoms with E-state index in [-0.39, 0.29) is 36.6 Å². The number of rotatable bonds is 12. The van der Waals surface area contributed by atoms with Gasteiger partial charge in [-0.15, -0.1) is 0 Å². The number of nitrogens with zero attached hydrogens (tertiary/aromatic N) is 3. The van der Waals surface area contributed by atoms with E-state index in [0.717, 1.165) is 36.8 Å². The van der Waals surface area contributed by atoms with Crippen molar-refractivity contribution < 1.29 is 38.3 Å². The van der Waals surface area contributed by atoms with E-state index in [4.69, 9.17) is 10.5 Å². The van der Waals surface area contributed by atoms with Gasteiger partial charge in [0.25, 0.3) is 5.91 Å². The standard InChI is InChI=1S/C43H65N7O8/c1-41(2,3)32(25-48-19-17-43(7,8)22-33(48)51)46-39(56)47-35(42(4,5)6)38(55)50-24-29(58-40(57)49-18-16-27-14-9-10-15-28(27)23-49)21-31(50)37(54)45-30(34(52)36(44)53)20-26-12-11-13-26/h9-10,14-15,26,29-32,35H,11-13,16-25H2,1-8H3,(H2,44,53)(H,45,54)(H2,46,47,56)/t29?,30?,31-,32+,35+/m0/s1. The lowest BCUT2D eigenvalue weighted by molar-refractivity contribution is -0.143. The summed E-state index contributed by atoms with van der Waals surface area (Å²) in [4.78, 5) is 99.0. The van der Waals surface area contributed by atoms with Crippen molar-refractivity contribution in [2.24, 2.45) is 27.9 Å². The summed E-state index contributed by atoms with van der Waals surface area (Å²) in [6.45, 7) is 17.0. The van der Waals surface area contributed by atoms with Crippen molar-refractivity contribution in [3.63, 3.8) is 0 Å². The van der Waals surface area contributed by atoms with Gasteiger partial charge in [-0.05, 0) is 52.6 Å². The molecule has 15 heteroatoms. The van der Waals surface area contributed by atoms with Crippen LogP contribution < -0.4 is 21.7 Å². The average Bonchev–Trinajstić information content (AvgIpc) is 3.54. The molecule has 5 atom stereocenters. The van der Waals surface area contributed by atoms with Crippen LogP contribution in [0, 0.1) is 22.2 Å². The number of ether oxygens (including phenoxy) is 1. The molecule has 3 fully saturated rings. The van der Waals surface area contributed by atoms with Crippen molar-refractivity contribution in [2.45, 2.75) is 144 Å². The summed E-state index contributed by atoms with van der Waals surface area (Å²) < 4.78 is 5.98. The zero-order chi connectivity index (χ0) is 42.7. The zero-order valence-corrected chi connectivity index (χ0v) is 35.7. The molecule has 0 bridgehead atoms. The number of urea groups is 1. The van der Waals surface area contributed by atoms with Crippen molar-refractivity contribution in [3.05, 3.63) is 35.4 Å². The van der Waals surface area contributed by atoms with Crippen molar-refractivity contribution in [2.75, 3.05) is 26.2 Å². The SMILES string of the molecule is CC1(C)CCN(C[C@@H](NC(=O)N[C@H](C(=O)N2CC(OC(=O)N3CCc4ccccc4C3)C[C@H]2C(=O)NC(CC2CCC2)C(=O)C(N)=O)C(C)(C)C)C(C)(C)C)C(=O)C1. The van der Waals surface area contributed by atoms with Gasteiger partial charge in [0.1, 0.15) is 18.2 Å². The maximum atomic E-state index is 14.7. The second-order valence-corrected chi connectivity index (χ2v) is 19.8. The van der Waals surface area contributed by atoms with Gasteiger partial charge >= 0.3 is 12.1 Å². The van der Waals surface area contributed by atoms with Gasteiger partial charge in [0.2, 0.25) is 23.5 Å². The molecule has 3 heterocycles. The predicted octanol–water partition coefficient (Wildman–Crippen LogP) is 3.66. The van der Waals surface area contributed by atoms with Gasteiger partial charge in [-0.3, -0.25) is 24.0 Å². The fourth-order valence-electron chi connectivity index (χ4n) is 8.24. The van der Waals surface area contributed by atoms with E-state index in [1.54, 1.807) is 30.6 Å². The van der Waals surface area contributed by atoms with Crippen LogP contribution in [0.25, 0.3) is 0 Å². The molecule has 2 unspecified atom stereocenters. The Morgan fingerprint density at radius 2 is 1.60 bits per heavy atom. The number of nitrogens with two attached hydrogens (primary N) is 1. The van der Waals surface area contributed by atoms with Gasteiger partial charge in [-0.2, -0.15) is 0 Å². The number of nitrogens with one attached hydrogen (secondary N) is 3. The largest absolute Gasteiger partial charge is 0.444 e. The van der Waals surface area contributed by atoms with E-state index in [0.29, 0.717) is 39.0 Å². The molecule has 320 valence electrons. The highest BCUT2D eigenvalue weighted by atomic mass is 16.6. The summed E-state index contributed by atoms with van der Waals surface area (Å²) in [5, 5.41) is 8.63. The first-order valence-corrected chi connectivity index (χ1v) is 20.8.